The summed E-state index contributed by atoms with van der Waals surface area (Å²) in [6.07, 6.45) is 39.6. The summed E-state index contributed by atoms with van der Waals surface area (Å²) in [5.74, 6) is 40.4. The van der Waals surface area contributed by atoms with E-state index in [9.17, 15) is 4.79 Å². The number of unbranched alkanes of at least 4 members (excludes halogenated alkanes) is 26. The standard InChI is InChI=1S/C61H79BN2O4/c1-4-7-10-13-16-19-22-25-28-31-34-37-40-43-46-51-64-52-50-63-59(64)49-53-66-62-67-60-57(48-45-42-39-36-33-30-27-24-21-18-15-12-9-6-3)54-56(55-58(60)61(65)68-62)47-44-41-38-35-32-29-26-23-20-17-14-11-8-5-2/h54-55H,5-6,8-9,11-12,14-15,17-18,20-21,23-24,26-27,29-30,32-33,35-36,38-39,41-42,44-45,47-50,52-53H2,1-3H3. The summed E-state index contributed by atoms with van der Waals surface area (Å²) >= 11 is 0. The number of hydrogen-bond acceptors (Lipinski definition) is 6. The van der Waals surface area contributed by atoms with Crippen LogP contribution in [0.4, 0.5) is 0 Å². The fraction of sp³-hybridized carbons (Fsp3) is 0.607. The molecule has 0 spiro atoms. The van der Waals surface area contributed by atoms with E-state index in [1.807, 2.05) is 11.0 Å². The van der Waals surface area contributed by atoms with Gasteiger partial charge in [0.1, 0.15) is 11.6 Å². The van der Waals surface area contributed by atoms with Crippen LogP contribution in [-0.4, -0.2) is 43.7 Å². The minimum atomic E-state index is -1.12. The molecule has 0 aliphatic carbocycles. The molecule has 0 saturated heterocycles. The zero-order valence-corrected chi connectivity index (χ0v) is 42.3. The van der Waals surface area contributed by atoms with Crippen LogP contribution in [0.15, 0.2) is 17.1 Å². The molecule has 0 bridgehead atoms. The number of benzene rings is 1. The average molecular weight is 915 g/mol. The molecule has 0 aromatic heterocycles. The highest BCUT2D eigenvalue weighted by Gasteiger charge is 2.38. The Bertz CT molecular complexity index is 2180. The number of hydrogen-bond donors (Lipinski definition) is 0. The van der Waals surface area contributed by atoms with Crippen LogP contribution in [0, 0.1) is 94.9 Å². The van der Waals surface area contributed by atoms with Gasteiger partial charge in [-0.3, -0.25) is 9.89 Å². The molecule has 0 N–H and O–H groups in total. The van der Waals surface area contributed by atoms with Crippen molar-refractivity contribution in [1.82, 2.24) is 4.90 Å². The predicted octanol–water partition coefficient (Wildman–Crippen LogP) is 13.4. The Balaban J connectivity index is 1.47. The molecule has 2 heterocycles. The highest BCUT2D eigenvalue weighted by atomic mass is 16.8. The van der Waals surface area contributed by atoms with E-state index in [4.69, 9.17) is 14.0 Å². The van der Waals surface area contributed by atoms with Crippen LogP contribution in [0.25, 0.3) is 0 Å². The van der Waals surface area contributed by atoms with Crippen molar-refractivity contribution in [2.45, 2.75) is 220 Å². The molecule has 1 aromatic rings. The maximum Gasteiger partial charge on any atom is 0.790 e. The molecule has 0 atom stereocenters. The first-order valence-electron chi connectivity index (χ1n) is 26.5. The third kappa shape index (κ3) is 27.9. The van der Waals surface area contributed by atoms with Gasteiger partial charge in [0.2, 0.25) is 0 Å². The van der Waals surface area contributed by atoms with Gasteiger partial charge in [0.25, 0.3) is 0 Å². The summed E-state index contributed by atoms with van der Waals surface area (Å²) in [6.45, 7) is 7.82. The first-order chi connectivity index (χ1) is 33.7. The Morgan fingerprint density at radius 3 is 1.43 bits per heavy atom. The Kier molecular flexibility index (Phi) is 33.8. The Hall–Kier alpha value is -5.54. The van der Waals surface area contributed by atoms with Crippen LogP contribution in [0.1, 0.15) is 228 Å². The van der Waals surface area contributed by atoms with Crippen molar-refractivity contribution in [3.05, 3.63) is 28.8 Å². The van der Waals surface area contributed by atoms with E-state index in [-0.39, 0.29) is 12.6 Å². The minimum Gasteiger partial charge on any atom is -0.500 e. The van der Waals surface area contributed by atoms with Gasteiger partial charge in [-0.15, -0.1) is 0 Å². The van der Waals surface area contributed by atoms with Crippen molar-refractivity contribution in [3.63, 3.8) is 0 Å². The summed E-state index contributed by atoms with van der Waals surface area (Å²) in [6, 6.07) is 7.31. The first kappa shape index (κ1) is 56.8. The molecule has 3 rings (SSSR count). The second kappa shape index (κ2) is 40.5. The summed E-state index contributed by atoms with van der Waals surface area (Å²) in [5, 5.41) is 0. The highest BCUT2D eigenvalue weighted by molar-refractivity contribution is 6.42. The maximum absolute atomic E-state index is 13.5. The normalized spacial score (nSPS) is 11.8. The summed E-state index contributed by atoms with van der Waals surface area (Å²) in [7, 11) is -1.12. The third-order valence-electron chi connectivity index (χ3n) is 12.1. The number of carbonyl (C=O) groups excluding carboxylic acids is 1. The topological polar surface area (TPSA) is 60.4 Å². The van der Waals surface area contributed by atoms with Crippen LogP contribution >= 0.6 is 0 Å². The van der Waals surface area contributed by atoms with Crippen molar-refractivity contribution >= 4 is 19.1 Å². The van der Waals surface area contributed by atoms with Crippen molar-refractivity contribution in [3.8, 4) is 101 Å². The summed E-state index contributed by atoms with van der Waals surface area (Å²) in [4.78, 5) is 20.0. The first-order valence-corrected chi connectivity index (χ1v) is 26.5. The van der Waals surface area contributed by atoms with E-state index in [1.54, 1.807) is 6.92 Å². The lowest BCUT2D eigenvalue weighted by Crippen LogP contribution is -2.39. The van der Waals surface area contributed by atoms with Gasteiger partial charge in [-0.1, -0.05) is 193 Å². The molecule has 2 aliphatic heterocycles. The van der Waals surface area contributed by atoms with E-state index in [2.05, 4.69) is 120 Å². The van der Waals surface area contributed by atoms with Gasteiger partial charge in [-0.25, -0.2) is 4.79 Å². The smallest absolute Gasteiger partial charge is 0.500 e. The molecule has 7 heteroatoms. The van der Waals surface area contributed by atoms with Crippen molar-refractivity contribution < 1.29 is 18.8 Å². The maximum atomic E-state index is 13.5. The SMILES string of the molecule is CC#CC#CC#CC#CC#CC#CC#CC#CN1CCN=C1CCOB1OC(=O)c2cc(CCCCCCCCCCCCCCCC)cc(CCCCCCCCCCCCCCCC)c2O1. The van der Waals surface area contributed by atoms with Gasteiger partial charge in [-0.2, -0.15) is 0 Å². The van der Waals surface area contributed by atoms with E-state index in [0.29, 0.717) is 30.8 Å². The molecular weight excluding hydrogens is 835 g/mol. The summed E-state index contributed by atoms with van der Waals surface area (Å²) < 4.78 is 18.0. The van der Waals surface area contributed by atoms with Crippen molar-refractivity contribution in [2.75, 3.05) is 19.7 Å². The molecule has 0 unspecified atom stereocenters. The van der Waals surface area contributed by atoms with Gasteiger partial charge in [0.05, 0.1) is 18.7 Å². The number of rotatable bonds is 34. The molecule has 6 nitrogen and oxygen atoms in total. The van der Waals surface area contributed by atoms with Gasteiger partial charge in [0, 0.05) is 60.5 Å². The Morgan fingerprint density at radius 1 is 0.529 bits per heavy atom. The monoisotopic (exact) mass is 915 g/mol. The number of aliphatic imine (C=N–C) groups is 1. The zero-order valence-electron chi connectivity index (χ0n) is 42.3. The van der Waals surface area contributed by atoms with E-state index >= 15 is 0 Å². The summed E-state index contributed by atoms with van der Waals surface area (Å²) in [5.41, 5.74) is 2.80. The molecular formula is C61H79BN2O4. The van der Waals surface area contributed by atoms with Crippen LogP contribution in [0.2, 0.25) is 0 Å². The number of fused-ring (bicyclic) bond motifs is 1. The van der Waals surface area contributed by atoms with Gasteiger partial charge < -0.3 is 14.0 Å². The fourth-order valence-corrected chi connectivity index (χ4v) is 8.36. The molecule has 0 radical (unpaired) electrons. The second-order valence-corrected chi connectivity index (χ2v) is 17.8. The van der Waals surface area contributed by atoms with Crippen LogP contribution < -0.4 is 4.65 Å². The van der Waals surface area contributed by atoms with Crippen molar-refractivity contribution in [2.24, 2.45) is 4.99 Å². The molecule has 0 fully saturated rings. The molecule has 0 amide bonds. The van der Waals surface area contributed by atoms with Crippen LogP contribution in [0.5, 0.6) is 5.75 Å². The number of carbonyl (C=O) groups is 1. The number of amidine groups is 1. The van der Waals surface area contributed by atoms with Gasteiger partial charge >= 0.3 is 13.3 Å². The molecule has 68 heavy (non-hydrogen) atoms. The largest absolute Gasteiger partial charge is 0.790 e. The molecule has 1 aromatic carbocycles. The van der Waals surface area contributed by atoms with Crippen LogP contribution in [0.3, 0.4) is 0 Å². The number of aryl methyl sites for hydroxylation is 2. The highest BCUT2D eigenvalue weighted by Crippen LogP contribution is 2.33. The minimum absolute atomic E-state index is 0.251. The quantitative estimate of drug-likeness (QED) is 0.0392. The Morgan fingerprint density at radius 2 is 0.956 bits per heavy atom. The third-order valence-corrected chi connectivity index (χ3v) is 12.1. The van der Waals surface area contributed by atoms with Gasteiger partial charge in [0.15, 0.2) is 0 Å². The predicted molar refractivity (Wildman–Crippen MR) is 284 cm³/mol. The molecule has 360 valence electrons. The Labute approximate surface area is 415 Å². The van der Waals surface area contributed by atoms with Crippen LogP contribution in [-0.2, 0) is 22.2 Å². The molecule has 2 aliphatic rings. The van der Waals surface area contributed by atoms with Gasteiger partial charge in [-0.05, 0) is 91.2 Å². The second-order valence-electron chi connectivity index (χ2n) is 17.8. The molecule has 0 saturated carbocycles. The van der Waals surface area contributed by atoms with Crippen molar-refractivity contribution in [1.29, 1.82) is 0 Å². The average Bonchev–Trinajstić information content (AvgIpc) is 3.80. The lowest BCUT2D eigenvalue weighted by atomic mass is 9.94. The lowest BCUT2D eigenvalue weighted by molar-refractivity contribution is 0.0569. The lowest BCUT2D eigenvalue weighted by Gasteiger charge is -2.25. The van der Waals surface area contributed by atoms with E-state index in [0.717, 1.165) is 37.1 Å². The fourth-order valence-electron chi connectivity index (χ4n) is 8.36. The van der Waals surface area contributed by atoms with E-state index in [1.165, 1.54) is 173 Å². The van der Waals surface area contributed by atoms with E-state index < -0.39 is 7.32 Å². The zero-order chi connectivity index (χ0) is 48.2. The number of nitrogens with zero attached hydrogens (tertiary/aromatic N) is 2.